The predicted molar refractivity (Wildman–Crippen MR) is 75.6 cm³/mol. The van der Waals surface area contributed by atoms with E-state index in [-0.39, 0.29) is 11.2 Å². The molecule has 18 heavy (non-hydrogen) atoms. The van der Waals surface area contributed by atoms with Gasteiger partial charge in [0.2, 0.25) is 0 Å². The van der Waals surface area contributed by atoms with Gasteiger partial charge in [-0.15, -0.1) is 0 Å². The van der Waals surface area contributed by atoms with Crippen molar-refractivity contribution in [2.75, 3.05) is 19.6 Å². The molecule has 2 aliphatic heterocycles. The van der Waals surface area contributed by atoms with Crippen LogP contribution in [-0.4, -0.2) is 41.8 Å². The Kier molecular flexibility index (Phi) is 4.05. The van der Waals surface area contributed by atoms with Crippen molar-refractivity contribution in [1.29, 1.82) is 0 Å². The van der Waals surface area contributed by atoms with Crippen LogP contribution in [0.1, 0.15) is 53.4 Å². The molecular weight excluding hydrogens is 224 g/mol. The third-order valence-corrected chi connectivity index (χ3v) is 4.69. The highest BCUT2D eigenvalue weighted by atomic mass is 16.5. The zero-order valence-electron chi connectivity index (χ0n) is 12.5. The number of piperidine rings is 1. The first-order valence-electron chi connectivity index (χ1n) is 7.48. The van der Waals surface area contributed by atoms with Gasteiger partial charge < -0.3 is 10.5 Å². The SMILES string of the molecule is CC1(C)CC(N2CCC(CCN)CC2)C(C)(C)O1. The molecule has 2 N–H and O–H groups in total. The zero-order chi connectivity index (χ0) is 13.4. The third kappa shape index (κ3) is 3.06. The van der Waals surface area contributed by atoms with E-state index in [0.717, 1.165) is 18.9 Å². The molecule has 2 fully saturated rings. The van der Waals surface area contributed by atoms with Crippen LogP contribution in [0.4, 0.5) is 0 Å². The number of likely N-dealkylation sites (tertiary alicyclic amines) is 1. The van der Waals surface area contributed by atoms with E-state index in [2.05, 4.69) is 32.6 Å². The van der Waals surface area contributed by atoms with E-state index in [9.17, 15) is 0 Å². The summed E-state index contributed by atoms with van der Waals surface area (Å²) >= 11 is 0. The Balaban J connectivity index is 1.93. The maximum Gasteiger partial charge on any atom is 0.0789 e. The van der Waals surface area contributed by atoms with Crippen molar-refractivity contribution in [3.63, 3.8) is 0 Å². The maximum absolute atomic E-state index is 6.21. The molecular formula is C15H30N2O. The standard InChI is InChI=1S/C15H30N2O/c1-14(2)11-13(15(3,4)18-14)17-9-6-12(5-8-16)7-10-17/h12-13H,5-11,16H2,1-4H3. The van der Waals surface area contributed by atoms with Crippen LogP contribution in [0.2, 0.25) is 0 Å². The quantitative estimate of drug-likeness (QED) is 0.840. The molecule has 1 atom stereocenters. The molecule has 2 heterocycles. The summed E-state index contributed by atoms with van der Waals surface area (Å²) in [5, 5.41) is 0. The van der Waals surface area contributed by atoms with Crippen LogP contribution in [0.25, 0.3) is 0 Å². The Morgan fingerprint density at radius 1 is 1.17 bits per heavy atom. The van der Waals surface area contributed by atoms with Crippen LogP contribution in [0.15, 0.2) is 0 Å². The van der Waals surface area contributed by atoms with Gasteiger partial charge in [0.25, 0.3) is 0 Å². The first kappa shape index (κ1) is 14.3. The van der Waals surface area contributed by atoms with Crippen LogP contribution in [-0.2, 0) is 4.74 Å². The van der Waals surface area contributed by atoms with Crippen molar-refractivity contribution < 1.29 is 4.74 Å². The molecule has 106 valence electrons. The fourth-order valence-electron chi connectivity index (χ4n) is 3.89. The molecule has 0 radical (unpaired) electrons. The minimum atomic E-state index is -0.00972. The van der Waals surface area contributed by atoms with Crippen molar-refractivity contribution >= 4 is 0 Å². The summed E-state index contributed by atoms with van der Waals surface area (Å²) in [7, 11) is 0. The number of rotatable bonds is 3. The van der Waals surface area contributed by atoms with Gasteiger partial charge in [-0.1, -0.05) is 0 Å². The topological polar surface area (TPSA) is 38.5 Å². The molecule has 2 saturated heterocycles. The van der Waals surface area contributed by atoms with Crippen LogP contribution in [0.3, 0.4) is 0 Å². The Morgan fingerprint density at radius 3 is 2.22 bits per heavy atom. The molecule has 0 aliphatic carbocycles. The van der Waals surface area contributed by atoms with E-state index in [0.29, 0.717) is 6.04 Å². The number of nitrogens with zero attached hydrogens (tertiary/aromatic N) is 1. The Bertz CT molecular complexity index is 280. The lowest BCUT2D eigenvalue weighted by molar-refractivity contribution is -0.0827. The van der Waals surface area contributed by atoms with E-state index < -0.39 is 0 Å². The summed E-state index contributed by atoms with van der Waals surface area (Å²) in [5.41, 5.74) is 5.68. The lowest BCUT2D eigenvalue weighted by Gasteiger charge is -2.40. The molecule has 1 unspecified atom stereocenters. The van der Waals surface area contributed by atoms with E-state index in [1.165, 1.54) is 32.4 Å². The monoisotopic (exact) mass is 254 g/mol. The fraction of sp³-hybridized carbons (Fsp3) is 1.00. The second kappa shape index (κ2) is 5.10. The highest BCUT2D eigenvalue weighted by molar-refractivity contribution is 5.00. The average Bonchev–Trinajstić information content (AvgIpc) is 2.48. The van der Waals surface area contributed by atoms with Gasteiger partial charge in [-0.2, -0.15) is 0 Å². The molecule has 3 nitrogen and oxygen atoms in total. The Hall–Kier alpha value is -0.120. The molecule has 0 amide bonds. The number of nitrogens with two attached hydrogens (primary N) is 1. The van der Waals surface area contributed by atoms with Crippen LogP contribution < -0.4 is 5.73 Å². The van der Waals surface area contributed by atoms with Crippen molar-refractivity contribution in [3.8, 4) is 0 Å². The summed E-state index contributed by atoms with van der Waals surface area (Å²) in [6, 6.07) is 0.575. The molecule has 0 saturated carbocycles. The van der Waals surface area contributed by atoms with Gasteiger partial charge in [0.15, 0.2) is 0 Å². The largest absolute Gasteiger partial charge is 0.368 e. The zero-order valence-corrected chi connectivity index (χ0v) is 12.5. The van der Waals surface area contributed by atoms with Crippen LogP contribution >= 0.6 is 0 Å². The first-order chi connectivity index (χ1) is 8.34. The Labute approximate surface area is 112 Å². The average molecular weight is 254 g/mol. The van der Waals surface area contributed by atoms with E-state index in [1.54, 1.807) is 0 Å². The molecule has 0 aromatic heterocycles. The van der Waals surface area contributed by atoms with Crippen molar-refractivity contribution in [2.45, 2.75) is 70.6 Å². The minimum absolute atomic E-state index is 0.00972. The van der Waals surface area contributed by atoms with Crippen LogP contribution in [0.5, 0.6) is 0 Å². The second-order valence-corrected chi connectivity index (χ2v) is 7.24. The van der Waals surface area contributed by atoms with Gasteiger partial charge in [0, 0.05) is 6.04 Å². The van der Waals surface area contributed by atoms with Gasteiger partial charge in [0.1, 0.15) is 0 Å². The first-order valence-corrected chi connectivity index (χ1v) is 7.48. The summed E-state index contributed by atoms with van der Waals surface area (Å²) in [6.07, 6.45) is 4.97. The Morgan fingerprint density at radius 2 is 1.78 bits per heavy atom. The summed E-state index contributed by atoms with van der Waals surface area (Å²) in [6.45, 7) is 12.2. The smallest absolute Gasteiger partial charge is 0.0789 e. The van der Waals surface area contributed by atoms with E-state index in [1.807, 2.05) is 0 Å². The number of hydrogen-bond acceptors (Lipinski definition) is 3. The van der Waals surface area contributed by atoms with Gasteiger partial charge >= 0.3 is 0 Å². The molecule has 3 heteroatoms. The van der Waals surface area contributed by atoms with E-state index >= 15 is 0 Å². The van der Waals surface area contributed by atoms with Crippen molar-refractivity contribution in [2.24, 2.45) is 11.7 Å². The molecule has 2 rings (SSSR count). The highest BCUT2D eigenvalue weighted by Gasteiger charge is 2.48. The van der Waals surface area contributed by atoms with Gasteiger partial charge in [-0.25, -0.2) is 0 Å². The van der Waals surface area contributed by atoms with Crippen molar-refractivity contribution in [1.82, 2.24) is 4.90 Å². The molecule has 0 aromatic carbocycles. The molecule has 0 aromatic rings. The van der Waals surface area contributed by atoms with Gasteiger partial charge in [-0.05, 0) is 78.9 Å². The predicted octanol–water partition coefficient (Wildman–Crippen LogP) is 2.39. The summed E-state index contributed by atoms with van der Waals surface area (Å²) in [4.78, 5) is 2.65. The summed E-state index contributed by atoms with van der Waals surface area (Å²) < 4.78 is 6.21. The van der Waals surface area contributed by atoms with Crippen molar-refractivity contribution in [3.05, 3.63) is 0 Å². The minimum Gasteiger partial charge on any atom is -0.368 e. The lowest BCUT2D eigenvalue weighted by atomic mass is 9.88. The van der Waals surface area contributed by atoms with Crippen LogP contribution in [0, 0.1) is 5.92 Å². The third-order valence-electron chi connectivity index (χ3n) is 4.69. The highest BCUT2D eigenvalue weighted by Crippen LogP contribution is 2.41. The normalized spacial score (nSPS) is 32.8. The number of ether oxygens (including phenoxy) is 1. The number of hydrogen-bond donors (Lipinski definition) is 1. The summed E-state index contributed by atoms with van der Waals surface area (Å²) in [5.74, 6) is 0.852. The molecule has 0 bridgehead atoms. The second-order valence-electron chi connectivity index (χ2n) is 7.24. The van der Waals surface area contributed by atoms with Gasteiger partial charge in [0.05, 0.1) is 11.2 Å². The molecule has 0 spiro atoms. The van der Waals surface area contributed by atoms with Gasteiger partial charge in [-0.3, -0.25) is 4.90 Å². The maximum atomic E-state index is 6.21. The van der Waals surface area contributed by atoms with E-state index in [4.69, 9.17) is 10.5 Å². The molecule has 2 aliphatic rings. The lowest BCUT2D eigenvalue weighted by Crippen LogP contribution is -2.49. The fourth-order valence-corrected chi connectivity index (χ4v) is 3.89.